The summed E-state index contributed by atoms with van der Waals surface area (Å²) in [7, 11) is 0. The van der Waals surface area contributed by atoms with Crippen LogP contribution in [-0.4, -0.2) is 22.3 Å². The van der Waals surface area contributed by atoms with Crippen LogP contribution in [0.15, 0.2) is 6.20 Å². The van der Waals surface area contributed by atoms with Crippen LogP contribution < -0.4 is 0 Å². The molecule has 1 unspecified atom stereocenters. The molecular weight excluding hydrogens is 234 g/mol. The fourth-order valence-electron chi connectivity index (χ4n) is 2.02. The van der Waals surface area contributed by atoms with Crippen LogP contribution >= 0.6 is 22.9 Å². The SMILES string of the molecule is CC1(C)CC(O)(c2cnc(Cl)s2)CCO1. The Labute approximate surface area is 98.1 Å². The smallest absolute Gasteiger partial charge is 0.183 e. The lowest BCUT2D eigenvalue weighted by atomic mass is 9.83. The fraction of sp³-hybridized carbons (Fsp3) is 0.700. The Morgan fingerprint density at radius 3 is 2.87 bits per heavy atom. The van der Waals surface area contributed by atoms with Gasteiger partial charge in [0.05, 0.1) is 17.1 Å². The van der Waals surface area contributed by atoms with Gasteiger partial charge in [-0.05, 0) is 13.8 Å². The molecule has 15 heavy (non-hydrogen) atoms. The van der Waals surface area contributed by atoms with E-state index in [1.54, 1.807) is 6.20 Å². The van der Waals surface area contributed by atoms with E-state index in [1.807, 2.05) is 13.8 Å². The summed E-state index contributed by atoms with van der Waals surface area (Å²) in [6.45, 7) is 4.54. The van der Waals surface area contributed by atoms with Gasteiger partial charge in [-0.15, -0.1) is 11.3 Å². The van der Waals surface area contributed by atoms with Crippen molar-refractivity contribution < 1.29 is 9.84 Å². The predicted molar refractivity (Wildman–Crippen MR) is 60.3 cm³/mol. The maximum atomic E-state index is 10.5. The summed E-state index contributed by atoms with van der Waals surface area (Å²) in [6.07, 6.45) is 2.85. The summed E-state index contributed by atoms with van der Waals surface area (Å²) in [5.74, 6) is 0. The van der Waals surface area contributed by atoms with Gasteiger partial charge in [0, 0.05) is 19.0 Å². The molecule has 1 saturated heterocycles. The molecule has 2 heterocycles. The van der Waals surface area contributed by atoms with E-state index in [-0.39, 0.29) is 5.60 Å². The van der Waals surface area contributed by atoms with E-state index >= 15 is 0 Å². The Balaban J connectivity index is 2.26. The molecule has 0 aliphatic carbocycles. The lowest BCUT2D eigenvalue weighted by Crippen LogP contribution is -2.43. The van der Waals surface area contributed by atoms with E-state index in [9.17, 15) is 5.11 Å². The molecule has 1 N–H and O–H groups in total. The second kappa shape index (κ2) is 3.70. The van der Waals surface area contributed by atoms with Crippen molar-refractivity contribution in [1.29, 1.82) is 0 Å². The molecule has 1 fully saturated rings. The molecule has 1 aromatic rings. The topological polar surface area (TPSA) is 42.4 Å². The quantitative estimate of drug-likeness (QED) is 0.830. The number of aliphatic hydroxyl groups is 1. The summed E-state index contributed by atoms with van der Waals surface area (Å²) in [4.78, 5) is 4.80. The van der Waals surface area contributed by atoms with Gasteiger partial charge in [0.2, 0.25) is 0 Å². The molecule has 2 rings (SSSR count). The van der Waals surface area contributed by atoms with E-state index in [4.69, 9.17) is 16.3 Å². The van der Waals surface area contributed by atoms with Gasteiger partial charge in [-0.3, -0.25) is 0 Å². The summed E-state index contributed by atoms with van der Waals surface area (Å²) in [5, 5.41) is 10.5. The minimum atomic E-state index is -0.827. The third kappa shape index (κ3) is 2.33. The molecule has 84 valence electrons. The summed E-state index contributed by atoms with van der Waals surface area (Å²) >= 11 is 7.12. The Hall–Kier alpha value is -0.160. The monoisotopic (exact) mass is 247 g/mol. The average Bonchev–Trinajstić information content (AvgIpc) is 2.49. The summed E-state index contributed by atoms with van der Waals surface area (Å²) in [6, 6.07) is 0. The van der Waals surface area contributed by atoms with E-state index < -0.39 is 5.60 Å². The Bertz CT molecular complexity index is 366. The first-order valence-corrected chi connectivity index (χ1v) is 6.09. The molecule has 0 bridgehead atoms. The fourth-order valence-corrected chi connectivity index (χ4v) is 3.07. The number of hydrogen-bond donors (Lipinski definition) is 1. The molecule has 0 radical (unpaired) electrons. The Kier molecular flexibility index (Phi) is 2.79. The van der Waals surface area contributed by atoms with Crippen molar-refractivity contribution in [3.05, 3.63) is 15.5 Å². The molecule has 0 aromatic carbocycles. The number of rotatable bonds is 1. The van der Waals surface area contributed by atoms with Crippen LogP contribution in [0.4, 0.5) is 0 Å². The first-order chi connectivity index (χ1) is 6.91. The van der Waals surface area contributed by atoms with Crippen LogP contribution in [0.25, 0.3) is 0 Å². The first-order valence-electron chi connectivity index (χ1n) is 4.89. The first kappa shape index (κ1) is 11.3. The van der Waals surface area contributed by atoms with Crippen molar-refractivity contribution in [1.82, 2.24) is 4.98 Å². The number of halogens is 1. The van der Waals surface area contributed by atoms with Gasteiger partial charge >= 0.3 is 0 Å². The second-order valence-electron chi connectivity index (χ2n) is 4.54. The largest absolute Gasteiger partial charge is 0.384 e. The molecule has 0 amide bonds. The van der Waals surface area contributed by atoms with Gasteiger partial charge in [0.1, 0.15) is 5.60 Å². The van der Waals surface area contributed by atoms with E-state index in [0.717, 1.165) is 4.88 Å². The van der Waals surface area contributed by atoms with E-state index in [2.05, 4.69) is 4.98 Å². The third-order valence-electron chi connectivity index (χ3n) is 2.66. The maximum Gasteiger partial charge on any atom is 0.183 e. The number of thiazole rings is 1. The van der Waals surface area contributed by atoms with Crippen LogP contribution in [0.1, 0.15) is 31.6 Å². The molecule has 3 nitrogen and oxygen atoms in total. The van der Waals surface area contributed by atoms with Crippen molar-refractivity contribution in [3.63, 3.8) is 0 Å². The standard InChI is InChI=1S/C10H14ClNO2S/c1-9(2)6-10(13,3-4-14-9)7-5-12-8(11)15-7/h5,13H,3-4,6H2,1-2H3. The molecule has 1 aliphatic heterocycles. The van der Waals surface area contributed by atoms with Crippen molar-refractivity contribution in [2.45, 2.75) is 37.9 Å². The molecule has 1 atom stereocenters. The lowest BCUT2D eigenvalue weighted by molar-refractivity contribution is -0.146. The number of nitrogens with zero attached hydrogens (tertiary/aromatic N) is 1. The average molecular weight is 248 g/mol. The zero-order valence-corrected chi connectivity index (χ0v) is 10.4. The van der Waals surface area contributed by atoms with Gasteiger partial charge in [-0.1, -0.05) is 11.6 Å². The highest BCUT2D eigenvalue weighted by molar-refractivity contribution is 7.15. The molecule has 0 saturated carbocycles. The molecular formula is C10H14ClNO2S. The van der Waals surface area contributed by atoms with E-state index in [0.29, 0.717) is 23.9 Å². The zero-order chi connectivity index (χ0) is 11.1. The zero-order valence-electron chi connectivity index (χ0n) is 8.79. The van der Waals surface area contributed by atoms with Crippen LogP contribution in [0.3, 0.4) is 0 Å². The maximum absolute atomic E-state index is 10.5. The van der Waals surface area contributed by atoms with E-state index in [1.165, 1.54) is 11.3 Å². The van der Waals surface area contributed by atoms with Gasteiger partial charge in [0.25, 0.3) is 0 Å². The van der Waals surface area contributed by atoms with Gasteiger partial charge < -0.3 is 9.84 Å². The normalized spacial score (nSPS) is 30.4. The molecule has 0 spiro atoms. The highest BCUT2D eigenvalue weighted by atomic mass is 35.5. The van der Waals surface area contributed by atoms with Crippen molar-refractivity contribution in [2.24, 2.45) is 0 Å². The highest BCUT2D eigenvalue weighted by Crippen LogP contribution is 2.41. The predicted octanol–water partition coefficient (Wildman–Crippen LogP) is 2.57. The minimum absolute atomic E-state index is 0.288. The van der Waals surface area contributed by atoms with Crippen molar-refractivity contribution >= 4 is 22.9 Å². The number of ether oxygens (including phenoxy) is 1. The van der Waals surface area contributed by atoms with Crippen LogP contribution in [0, 0.1) is 0 Å². The van der Waals surface area contributed by atoms with Crippen LogP contribution in [0.5, 0.6) is 0 Å². The Morgan fingerprint density at radius 1 is 1.60 bits per heavy atom. The molecule has 5 heteroatoms. The van der Waals surface area contributed by atoms with Gasteiger partial charge in [-0.25, -0.2) is 4.98 Å². The molecule has 1 aromatic heterocycles. The van der Waals surface area contributed by atoms with Crippen molar-refractivity contribution in [3.8, 4) is 0 Å². The Morgan fingerprint density at radius 2 is 2.33 bits per heavy atom. The number of hydrogen-bond acceptors (Lipinski definition) is 4. The van der Waals surface area contributed by atoms with Gasteiger partial charge in [-0.2, -0.15) is 0 Å². The van der Waals surface area contributed by atoms with Crippen LogP contribution in [0.2, 0.25) is 4.47 Å². The number of aromatic nitrogens is 1. The summed E-state index contributed by atoms with van der Waals surface area (Å²) in [5.41, 5.74) is -1.12. The molecule has 1 aliphatic rings. The second-order valence-corrected chi connectivity index (χ2v) is 6.16. The van der Waals surface area contributed by atoms with Crippen molar-refractivity contribution in [2.75, 3.05) is 6.61 Å². The summed E-state index contributed by atoms with van der Waals surface area (Å²) < 4.78 is 6.06. The lowest BCUT2D eigenvalue weighted by Gasteiger charge is -2.40. The minimum Gasteiger partial charge on any atom is -0.384 e. The highest BCUT2D eigenvalue weighted by Gasteiger charge is 2.41. The van der Waals surface area contributed by atoms with Gasteiger partial charge in [0.15, 0.2) is 4.47 Å². The third-order valence-corrected chi connectivity index (χ3v) is 3.97. The van der Waals surface area contributed by atoms with Crippen LogP contribution in [-0.2, 0) is 10.3 Å².